The summed E-state index contributed by atoms with van der Waals surface area (Å²) < 4.78 is 2.38. The highest BCUT2D eigenvalue weighted by atomic mass is 15.1. The van der Waals surface area contributed by atoms with Gasteiger partial charge in [-0.05, 0) is 115 Å². The summed E-state index contributed by atoms with van der Waals surface area (Å²) in [6, 6.07) is 79.5. The Kier molecular flexibility index (Phi) is 7.53. The van der Waals surface area contributed by atoms with E-state index >= 15 is 0 Å². The zero-order chi connectivity index (χ0) is 37.0. The highest BCUT2D eigenvalue weighted by Gasteiger charge is 2.17. The molecule has 262 valence electrons. The van der Waals surface area contributed by atoms with Gasteiger partial charge in [-0.2, -0.15) is 0 Å². The van der Waals surface area contributed by atoms with E-state index in [4.69, 9.17) is 0 Å². The average Bonchev–Trinajstić information content (AvgIpc) is 3.61. The first-order valence-corrected chi connectivity index (χ1v) is 19.3. The molecule has 0 N–H and O–H groups in total. The van der Waals surface area contributed by atoms with E-state index in [1.165, 1.54) is 76.4 Å². The van der Waals surface area contributed by atoms with Crippen LogP contribution >= 0.6 is 0 Å². The van der Waals surface area contributed by atoms with Crippen molar-refractivity contribution in [2.75, 3.05) is 4.90 Å². The molecule has 0 unspecified atom stereocenters. The van der Waals surface area contributed by atoms with E-state index in [9.17, 15) is 0 Å². The predicted octanol–water partition coefficient (Wildman–Crippen LogP) is 15.0. The summed E-state index contributed by atoms with van der Waals surface area (Å²) in [5.74, 6) is 0. The molecule has 0 atom stereocenters. The first-order chi connectivity index (χ1) is 27.8. The number of para-hydroxylation sites is 2. The minimum Gasteiger partial charge on any atom is -0.310 e. The molecule has 11 rings (SSSR count). The zero-order valence-corrected chi connectivity index (χ0v) is 30.7. The van der Waals surface area contributed by atoms with Gasteiger partial charge < -0.3 is 9.47 Å². The summed E-state index contributed by atoms with van der Waals surface area (Å²) in [5.41, 5.74) is 11.7. The summed E-state index contributed by atoms with van der Waals surface area (Å²) in [4.78, 5) is 2.39. The topological polar surface area (TPSA) is 8.17 Å². The Labute approximate surface area is 325 Å². The first kappa shape index (κ1) is 32.0. The maximum atomic E-state index is 2.39. The molecule has 2 nitrogen and oxygen atoms in total. The van der Waals surface area contributed by atoms with Crippen molar-refractivity contribution in [3.63, 3.8) is 0 Å². The summed E-state index contributed by atoms with van der Waals surface area (Å²) >= 11 is 0. The molecule has 0 amide bonds. The van der Waals surface area contributed by atoms with Crippen LogP contribution in [-0.2, 0) is 0 Å². The highest BCUT2D eigenvalue weighted by molar-refractivity contribution is 6.11. The normalized spacial score (nSPS) is 11.6. The number of aromatic nitrogens is 1. The fourth-order valence-electron chi connectivity index (χ4n) is 8.76. The summed E-state index contributed by atoms with van der Waals surface area (Å²) in [6.07, 6.45) is 0. The lowest BCUT2D eigenvalue weighted by molar-refractivity contribution is 1.17. The molecule has 0 bridgehead atoms. The molecule has 0 fully saturated rings. The fraction of sp³-hybridized carbons (Fsp3) is 0. The van der Waals surface area contributed by atoms with Crippen LogP contribution in [0, 0.1) is 0 Å². The molecule has 1 aromatic heterocycles. The quantitative estimate of drug-likeness (QED) is 0.156. The molecule has 0 aliphatic carbocycles. The maximum Gasteiger partial charge on any atom is 0.0541 e. The van der Waals surface area contributed by atoms with Crippen LogP contribution in [0.5, 0.6) is 0 Å². The van der Waals surface area contributed by atoms with Gasteiger partial charge in [-0.3, -0.25) is 0 Å². The van der Waals surface area contributed by atoms with Crippen molar-refractivity contribution in [3.05, 3.63) is 218 Å². The van der Waals surface area contributed by atoms with Gasteiger partial charge in [-0.15, -0.1) is 0 Å². The number of fused-ring (bicyclic) bond motifs is 7. The average molecular weight is 713 g/mol. The Bertz CT molecular complexity index is 3170. The summed E-state index contributed by atoms with van der Waals surface area (Å²) in [5, 5.41) is 10.0. The van der Waals surface area contributed by atoms with Crippen LogP contribution in [0.1, 0.15) is 0 Å². The molecule has 11 aromatic rings. The van der Waals surface area contributed by atoms with Crippen molar-refractivity contribution >= 4 is 71.2 Å². The molecular formula is C54H36N2. The predicted molar refractivity (Wildman–Crippen MR) is 239 cm³/mol. The Morgan fingerprint density at radius 3 is 1.45 bits per heavy atom. The fourth-order valence-corrected chi connectivity index (χ4v) is 8.76. The minimum absolute atomic E-state index is 1.10. The van der Waals surface area contributed by atoms with Crippen LogP contribution in [0.15, 0.2) is 218 Å². The van der Waals surface area contributed by atoms with Crippen molar-refractivity contribution in [2.24, 2.45) is 0 Å². The van der Waals surface area contributed by atoms with Gasteiger partial charge in [0, 0.05) is 33.5 Å². The first-order valence-electron chi connectivity index (χ1n) is 19.3. The van der Waals surface area contributed by atoms with Crippen molar-refractivity contribution < 1.29 is 0 Å². The van der Waals surface area contributed by atoms with E-state index in [0.29, 0.717) is 0 Å². The number of anilines is 3. The van der Waals surface area contributed by atoms with Crippen LogP contribution in [0.2, 0.25) is 0 Å². The van der Waals surface area contributed by atoms with Gasteiger partial charge in [0.05, 0.1) is 11.0 Å². The zero-order valence-electron chi connectivity index (χ0n) is 30.7. The molecule has 0 spiro atoms. The van der Waals surface area contributed by atoms with Crippen LogP contribution in [0.4, 0.5) is 17.1 Å². The second-order valence-electron chi connectivity index (χ2n) is 14.5. The third kappa shape index (κ3) is 5.26. The number of rotatable bonds is 6. The molecule has 0 radical (unpaired) electrons. The van der Waals surface area contributed by atoms with Crippen LogP contribution in [0.25, 0.3) is 82.1 Å². The molecule has 0 saturated heterocycles. The smallest absolute Gasteiger partial charge is 0.0541 e. The molecular weight excluding hydrogens is 677 g/mol. The van der Waals surface area contributed by atoms with E-state index in [1.54, 1.807) is 0 Å². The van der Waals surface area contributed by atoms with Gasteiger partial charge in [0.25, 0.3) is 0 Å². The van der Waals surface area contributed by atoms with Crippen LogP contribution < -0.4 is 4.90 Å². The molecule has 2 heteroatoms. The Morgan fingerprint density at radius 1 is 0.304 bits per heavy atom. The SMILES string of the molecule is c1ccc(-c2cccc3cccc(-c4ccc(N(c5ccc(-n6c7ccccc7c7ccccc76)cc5)c5ccc6ccc7ccccc7c6c5)cc4)c23)cc1. The van der Waals surface area contributed by atoms with Crippen LogP contribution in [-0.4, -0.2) is 4.57 Å². The molecule has 1 heterocycles. The van der Waals surface area contributed by atoms with E-state index in [0.717, 1.165) is 22.7 Å². The second-order valence-corrected chi connectivity index (χ2v) is 14.5. The minimum atomic E-state index is 1.10. The van der Waals surface area contributed by atoms with E-state index in [2.05, 4.69) is 228 Å². The summed E-state index contributed by atoms with van der Waals surface area (Å²) in [6.45, 7) is 0. The maximum absolute atomic E-state index is 2.39. The van der Waals surface area contributed by atoms with Crippen molar-refractivity contribution in [1.82, 2.24) is 4.57 Å². The number of hydrogen-bond acceptors (Lipinski definition) is 1. The molecule has 56 heavy (non-hydrogen) atoms. The number of nitrogens with zero attached hydrogens (tertiary/aromatic N) is 2. The Hall–Kier alpha value is -7.42. The van der Waals surface area contributed by atoms with Gasteiger partial charge in [0.1, 0.15) is 0 Å². The largest absolute Gasteiger partial charge is 0.310 e. The van der Waals surface area contributed by atoms with E-state index in [-0.39, 0.29) is 0 Å². The van der Waals surface area contributed by atoms with Gasteiger partial charge >= 0.3 is 0 Å². The van der Waals surface area contributed by atoms with Gasteiger partial charge in [-0.25, -0.2) is 0 Å². The monoisotopic (exact) mass is 712 g/mol. The summed E-state index contributed by atoms with van der Waals surface area (Å²) in [7, 11) is 0. The van der Waals surface area contributed by atoms with Gasteiger partial charge in [0.15, 0.2) is 0 Å². The van der Waals surface area contributed by atoms with Crippen molar-refractivity contribution in [3.8, 4) is 27.9 Å². The molecule has 0 saturated carbocycles. The number of benzene rings is 10. The third-order valence-electron chi connectivity index (χ3n) is 11.4. The van der Waals surface area contributed by atoms with Gasteiger partial charge in [0.2, 0.25) is 0 Å². The second kappa shape index (κ2) is 13.2. The Morgan fingerprint density at radius 2 is 0.786 bits per heavy atom. The number of hydrogen-bond donors (Lipinski definition) is 0. The lowest BCUT2D eigenvalue weighted by Crippen LogP contribution is -2.10. The lowest BCUT2D eigenvalue weighted by atomic mass is 9.91. The Balaban J connectivity index is 1.06. The highest BCUT2D eigenvalue weighted by Crippen LogP contribution is 2.41. The third-order valence-corrected chi connectivity index (χ3v) is 11.4. The van der Waals surface area contributed by atoms with E-state index < -0.39 is 0 Å². The van der Waals surface area contributed by atoms with Crippen molar-refractivity contribution in [2.45, 2.75) is 0 Å². The molecule has 10 aromatic carbocycles. The molecule has 0 aliphatic rings. The molecule has 0 aliphatic heterocycles. The van der Waals surface area contributed by atoms with E-state index in [1.807, 2.05) is 0 Å². The van der Waals surface area contributed by atoms with Crippen molar-refractivity contribution in [1.29, 1.82) is 0 Å². The van der Waals surface area contributed by atoms with Gasteiger partial charge in [-0.1, -0.05) is 158 Å². The van der Waals surface area contributed by atoms with Crippen LogP contribution in [0.3, 0.4) is 0 Å². The lowest BCUT2D eigenvalue weighted by Gasteiger charge is -2.26. The standard InChI is InChI=1S/C54H36N2/c1-2-12-37(13-3-1)47-20-10-15-41-16-11-21-48(54(41)47)39-26-29-42(30-27-39)55(45-31-28-40-25-24-38-14-4-5-17-46(38)51(40)36-45)43-32-34-44(35-33-43)56-52-22-8-6-18-49(52)50-19-7-9-23-53(50)56/h1-36H.